The van der Waals surface area contributed by atoms with Gasteiger partial charge in [-0.1, -0.05) is 60.7 Å². The van der Waals surface area contributed by atoms with Gasteiger partial charge in [0.05, 0.1) is 12.7 Å². The van der Waals surface area contributed by atoms with Crippen LogP contribution in [-0.2, 0) is 9.53 Å². The van der Waals surface area contributed by atoms with E-state index in [0.717, 1.165) is 5.56 Å². The van der Waals surface area contributed by atoms with Crippen molar-refractivity contribution in [2.75, 3.05) is 6.61 Å². The van der Waals surface area contributed by atoms with Crippen molar-refractivity contribution in [1.82, 2.24) is 0 Å². The lowest BCUT2D eigenvalue weighted by Gasteiger charge is -2.06. The highest BCUT2D eigenvalue weighted by atomic mass is 16.5. The summed E-state index contributed by atoms with van der Waals surface area (Å²) in [6.45, 7) is 2.15. The normalized spacial score (nSPS) is 13.3. The highest BCUT2D eigenvalue weighted by molar-refractivity contribution is 5.82. The number of hydrogen-bond acceptors (Lipinski definition) is 3. The molecule has 0 fully saturated rings. The van der Waals surface area contributed by atoms with Gasteiger partial charge in [-0.25, -0.2) is 4.79 Å². The van der Waals surface area contributed by atoms with Crippen LogP contribution in [0.5, 0.6) is 0 Å². The van der Waals surface area contributed by atoms with Gasteiger partial charge in [-0.15, -0.1) is 0 Å². The van der Waals surface area contributed by atoms with E-state index in [1.807, 2.05) is 42.5 Å². The van der Waals surface area contributed by atoms with E-state index in [9.17, 15) is 9.90 Å². The molecule has 0 aromatic heterocycles. The van der Waals surface area contributed by atoms with E-state index in [1.54, 1.807) is 25.2 Å². The maximum atomic E-state index is 11.0. The Kier molecular flexibility index (Phi) is 7.77. The molecule has 0 spiro atoms. The number of allylic oxidation sites excluding steroid dienone is 4. The van der Waals surface area contributed by atoms with E-state index in [4.69, 9.17) is 4.74 Å². The quantitative estimate of drug-likeness (QED) is 0.470. The average molecular weight is 272 g/mol. The van der Waals surface area contributed by atoms with Gasteiger partial charge in [-0.05, 0) is 18.9 Å². The largest absolute Gasteiger partial charge is 0.463 e. The fraction of sp³-hybridized carbons (Fsp3) is 0.235. The molecule has 0 radical (unpaired) electrons. The summed E-state index contributed by atoms with van der Waals surface area (Å²) in [5.41, 5.74) is 0.906. The SMILES string of the molecule is CCOC(=O)/C=C/C=C/C=C/CC(O)c1ccccc1. The fourth-order valence-electron chi connectivity index (χ4n) is 1.55. The summed E-state index contributed by atoms with van der Waals surface area (Å²) < 4.78 is 4.74. The number of aliphatic hydroxyl groups is 1. The first-order valence-corrected chi connectivity index (χ1v) is 6.63. The lowest BCUT2D eigenvalue weighted by atomic mass is 10.1. The minimum absolute atomic E-state index is 0.347. The van der Waals surface area contributed by atoms with Crippen LogP contribution >= 0.6 is 0 Å². The molecule has 20 heavy (non-hydrogen) atoms. The van der Waals surface area contributed by atoms with Gasteiger partial charge in [0.25, 0.3) is 0 Å². The van der Waals surface area contributed by atoms with Gasteiger partial charge < -0.3 is 9.84 Å². The Morgan fingerprint density at radius 2 is 1.90 bits per heavy atom. The smallest absolute Gasteiger partial charge is 0.330 e. The average Bonchev–Trinajstić information content (AvgIpc) is 2.47. The number of esters is 1. The summed E-state index contributed by atoms with van der Waals surface area (Å²) in [4.78, 5) is 11.0. The van der Waals surface area contributed by atoms with Crippen LogP contribution in [0.4, 0.5) is 0 Å². The second-order valence-corrected chi connectivity index (χ2v) is 4.09. The molecule has 1 unspecified atom stereocenters. The molecule has 0 heterocycles. The Morgan fingerprint density at radius 1 is 1.20 bits per heavy atom. The van der Waals surface area contributed by atoms with Crippen molar-refractivity contribution < 1.29 is 14.6 Å². The van der Waals surface area contributed by atoms with E-state index < -0.39 is 6.10 Å². The summed E-state index contributed by atoms with van der Waals surface area (Å²) in [6.07, 6.45) is 10.3. The predicted molar refractivity (Wildman–Crippen MR) is 80.1 cm³/mol. The van der Waals surface area contributed by atoms with Crippen LogP contribution in [0.1, 0.15) is 25.0 Å². The van der Waals surface area contributed by atoms with Crippen molar-refractivity contribution in [3.63, 3.8) is 0 Å². The van der Waals surface area contributed by atoms with Crippen LogP contribution in [0.3, 0.4) is 0 Å². The molecular formula is C17H20O3. The first-order valence-electron chi connectivity index (χ1n) is 6.63. The molecular weight excluding hydrogens is 252 g/mol. The van der Waals surface area contributed by atoms with Crippen LogP contribution < -0.4 is 0 Å². The van der Waals surface area contributed by atoms with Crippen molar-refractivity contribution >= 4 is 5.97 Å². The lowest BCUT2D eigenvalue weighted by molar-refractivity contribution is -0.137. The predicted octanol–water partition coefficient (Wildman–Crippen LogP) is 3.34. The molecule has 1 aromatic carbocycles. The standard InChI is InChI=1S/C17H20O3/c1-2-20-17(19)14-10-5-3-4-9-13-16(18)15-11-7-6-8-12-15/h3-12,14,16,18H,2,13H2,1H3/b5-3+,9-4+,14-10+. The van der Waals surface area contributed by atoms with E-state index >= 15 is 0 Å². The molecule has 0 saturated heterocycles. The lowest BCUT2D eigenvalue weighted by Crippen LogP contribution is -1.98. The fourth-order valence-corrected chi connectivity index (χ4v) is 1.55. The van der Waals surface area contributed by atoms with Crippen molar-refractivity contribution in [2.24, 2.45) is 0 Å². The molecule has 0 amide bonds. The van der Waals surface area contributed by atoms with Gasteiger partial charge in [0, 0.05) is 6.08 Å². The third kappa shape index (κ3) is 6.71. The topological polar surface area (TPSA) is 46.5 Å². The number of benzene rings is 1. The second kappa shape index (κ2) is 9.75. The molecule has 3 heteroatoms. The Balaban J connectivity index is 2.30. The van der Waals surface area contributed by atoms with Gasteiger partial charge in [-0.3, -0.25) is 0 Å². The Labute approximate surface area is 119 Å². The maximum Gasteiger partial charge on any atom is 0.330 e. The summed E-state index contributed by atoms with van der Waals surface area (Å²) in [6, 6.07) is 9.53. The zero-order valence-corrected chi connectivity index (χ0v) is 11.6. The second-order valence-electron chi connectivity index (χ2n) is 4.09. The highest BCUT2D eigenvalue weighted by Crippen LogP contribution is 2.15. The number of rotatable bonds is 7. The van der Waals surface area contributed by atoms with Crippen molar-refractivity contribution in [3.05, 3.63) is 72.4 Å². The molecule has 1 N–H and O–H groups in total. The molecule has 1 aromatic rings. The van der Waals surface area contributed by atoms with Crippen LogP contribution in [0.2, 0.25) is 0 Å². The molecule has 106 valence electrons. The van der Waals surface area contributed by atoms with Gasteiger partial charge in [-0.2, -0.15) is 0 Å². The minimum atomic E-state index is -0.490. The minimum Gasteiger partial charge on any atom is -0.463 e. The summed E-state index contributed by atoms with van der Waals surface area (Å²) in [5.74, 6) is -0.347. The number of carbonyl (C=O) groups is 1. The first-order chi connectivity index (χ1) is 9.74. The van der Waals surface area contributed by atoms with Gasteiger partial charge in [0.15, 0.2) is 0 Å². The van der Waals surface area contributed by atoms with E-state index in [2.05, 4.69) is 0 Å². The molecule has 1 atom stereocenters. The number of carbonyl (C=O) groups excluding carboxylic acids is 1. The molecule has 0 aliphatic carbocycles. The molecule has 3 nitrogen and oxygen atoms in total. The van der Waals surface area contributed by atoms with Crippen LogP contribution in [0.15, 0.2) is 66.8 Å². The third-order valence-corrected chi connectivity index (χ3v) is 2.53. The number of hydrogen-bond donors (Lipinski definition) is 1. The third-order valence-electron chi connectivity index (χ3n) is 2.53. The number of aliphatic hydroxyl groups excluding tert-OH is 1. The van der Waals surface area contributed by atoms with E-state index in [1.165, 1.54) is 6.08 Å². The molecule has 0 aliphatic heterocycles. The highest BCUT2D eigenvalue weighted by Gasteiger charge is 2.02. The van der Waals surface area contributed by atoms with Crippen LogP contribution in [-0.4, -0.2) is 17.7 Å². The monoisotopic (exact) mass is 272 g/mol. The Bertz CT molecular complexity index is 472. The maximum absolute atomic E-state index is 11.0. The zero-order valence-electron chi connectivity index (χ0n) is 11.6. The van der Waals surface area contributed by atoms with E-state index in [-0.39, 0.29) is 5.97 Å². The number of ether oxygens (including phenoxy) is 1. The molecule has 0 bridgehead atoms. The van der Waals surface area contributed by atoms with Crippen molar-refractivity contribution in [3.8, 4) is 0 Å². The molecule has 1 rings (SSSR count). The van der Waals surface area contributed by atoms with Gasteiger partial charge in [0.2, 0.25) is 0 Å². The van der Waals surface area contributed by atoms with Crippen molar-refractivity contribution in [2.45, 2.75) is 19.4 Å². The Hall–Kier alpha value is -2.13. The first kappa shape index (κ1) is 15.9. The van der Waals surface area contributed by atoms with E-state index in [0.29, 0.717) is 13.0 Å². The zero-order chi connectivity index (χ0) is 14.6. The molecule has 0 aliphatic rings. The summed E-state index contributed by atoms with van der Waals surface area (Å²) >= 11 is 0. The molecule has 0 saturated carbocycles. The summed E-state index contributed by atoms with van der Waals surface area (Å²) in [7, 11) is 0. The van der Waals surface area contributed by atoms with Gasteiger partial charge >= 0.3 is 5.97 Å². The van der Waals surface area contributed by atoms with Gasteiger partial charge in [0.1, 0.15) is 0 Å². The van der Waals surface area contributed by atoms with Crippen molar-refractivity contribution in [1.29, 1.82) is 0 Å². The summed E-state index contributed by atoms with van der Waals surface area (Å²) in [5, 5.41) is 9.90. The van der Waals surface area contributed by atoms with Crippen LogP contribution in [0, 0.1) is 0 Å². The van der Waals surface area contributed by atoms with Crippen LogP contribution in [0.25, 0.3) is 0 Å². The Morgan fingerprint density at radius 3 is 2.60 bits per heavy atom.